The van der Waals surface area contributed by atoms with Crippen LogP contribution in [0.3, 0.4) is 0 Å². The number of benzene rings is 7. The molecule has 3 heterocycles. The average Bonchev–Trinajstić information content (AvgIpc) is 1.69. The van der Waals surface area contributed by atoms with Crippen LogP contribution in [0.15, 0.2) is 127 Å². The molecule has 0 saturated heterocycles. The summed E-state index contributed by atoms with van der Waals surface area (Å²) in [5.74, 6) is 0. The predicted octanol–water partition coefficient (Wildman–Crippen LogP) is 21.1. The summed E-state index contributed by atoms with van der Waals surface area (Å²) in [6.07, 6.45) is 9.36. The Bertz CT molecular complexity index is 4080. The maximum absolute atomic E-state index is 2.77. The van der Waals surface area contributed by atoms with E-state index in [4.69, 9.17) is 0 Å². The van der Waals surface area contributed by atoms with Gasteiger partial charge in [0.15, 0.2) is 0 Å². The van der Waals surface area contributed by atoms with Crippen molar-refractivity contribution in [3.05, 3.63) is 177 Å². The molecule has 438 valence electrons. The van der Waals surface area contributed by atoms with Crippen LogP contribution in [0.25, 0.3) is 10.1 Å². The maximum Gasteiger partial charge on any atom is 0.264 e. The van der Waals surface area contributed by atoms with E-state index in [2.05, 4.69) is 285 Å². The van der Waals surface area contributed by atoms with Crippen molar-refractivity contribution in [2.24, 2.45) is 0 Å². The second-order valence-corrected chi connectivity index (χ2v) is 34.7. The first-order valence-electron chi connectivity index (χ1n) is 32.5. The molecule has 1 aromatic heterocycles. The van der Waals surface area contributed by atoms with E-state index in [0.29, 0.717) is 0 Å². The molecule has 4 aliphatic carbocycles. The Morgan fingerprint density at radius 2 is 0.835 bits per heavy atom. The summed E-state index contributed by atoms with van der Waals surface area (Å²) >= 11 is 2.08. The summed E-state index contributed by atoms with van der Waals surface area (Å²) in [5, 5.41) is 1.38. The van der Waals surface area contributed by atoms with Gasteiger partial charge in [0.2, 0.25) is 0 Å². The number of thiophene rings is 1. The molecule has 0 spiro atoms. The minimum absolute atomic E-state index is 0.00147. The van der Waals surface area contributed by atoms with Crippen LogP contribution in [0.5, 0.6) is 0 Å². The summed E-state index contributed by atoms with van der Waals surface area (Å²) in [7, 11) is 0. The summed E-state index contributed by atoms with van der Waals surface area (Å²) in [6, 6.07) is 52.3. The zero-order valence-electron chi connectivity index (χ0n) is 55.1. The second kappa shape index (κ2) is 18.3. The summed E-state index contributed by atoms with van der Waals surface area (Å²) in [6.45, 7) is 46.9. The number of hydrogen-bond donors (Lipinski definition) is 0. The molecule has 0 unspecified atom stereocenters. The minimum Gasteiger partial charge on any atom is -0.311 e. The fourth-order valence-corrected chi connectivity index (χ4v) is 18.2. The second-order valence-electron chi connectivity index (χ2n) is 33.7. The highest BCUT2D eigenvalue weighted by molar-refractivity contribution is 7.33. The monoisotopic (exact) mass is 1140 g/mol. The molecule has 14 rings (SSSR count). The normalized spacial score (nSPS) is 21.0. The fraction of sp³-hybridized carbons (Fsp3) is 0.450. The van der Waals surface area contributed by atoms with Crippen LogP contribution in [-0.2, 0) is 48.7 Å². The third-order valence-electron chi connectivity index (χ3n) is 23.0. The molecule has 8 aromatic rings. The van der Waals surface area contributed by atoms with E-state index in [1.807, 2.05) is 0 Å². The van der Waals surface area contributed by atoms with Crippen molar-refractivity contribution in [3.63, 3.8) is 0 Å². The molecule has 6 aliphatic rings. The lowest BCUT2D eigenvalue weighted by Crippen LogP contribution is -2.61. The Kier molecular flexibility index (Phi) is 12.2. The van der Waals surface area contributed by atoms with Gasteiger partial charge in [-0.25, -0.2) is 0 Å². The molecule has 0 saturated carbocycles. The number of fused-ring (bicyclic) bond motifs is 10. The van der Waals surface area contributed by atoms with Crippen molar-refractivity contribution < 1.29 is 0 Å². The van der Waals surface area contributed by atoms with Gasteiger partial charge in [-0.1, -0.05) is 180 Å². The van der Waals surface area contributed by atoms with Gasteiger partial charge in [0, 0.05) is 54.7 Å². The van der Waals surface area contributed by atoms with Crippen molar-refractivity contribution in [2.75, 3.05) is 14.7 Å². The van der Waals surface area contributed by atoms with E-state index in [0.717, 1.165) is 31.4 Å². The van der Waals surface area contributed by atoms with E-state index >= 15 is 0 Å². The lowest BCUT2D eigenvalue weighted by molar-refractivity contribution is 0.332. The molecule has 0 atom stereocenters. The Labute approximate surface area is 515 Å². The number of para-hydroxylation sites is 1. The maximum atomic E-state index is 2.77. The fourth-order valence-electron chi connectivity index (χ4n) is 16.8. The van der Waals surface area contributed by atoms with Crippen molar-refractivity contribution in [1.82, 2.24) is 0 Å². The zero-order valence-corrected chi connectivity index (χ0v) is 55.9. The molecule has 0 radical (unpaired) electrons. The largest absolute Gasteiger partial charge is 0.311 e. The number of nitrogens with zero attached hydrogens (tertiary/aromatic N) is 3. The standard InChI is InChI=1S/C80H94BN3S/c1-72(2,3)49-25-27-51(28-26-49)84-67-44-54(82(50-23-21-20-22-24-50)52-29-31-56-58(41-52)75(8,9)35-33-73(56,4)5)43-66-69(67)81(71-70(84)55-45-60-63(48-68(55)85-71)80(18,19)40-37-77(60,12)13)64-46-61-62(79(16,17)39-38-78(61,14)15)47-65(64)83(66)53-30-32-57-59(42-53)76(10,11)36-34-74(57,6)7/h20-32,41-48H,33-40H2,1-19H3. The van der Waals surface area contributed by atoms with Gasteiger partial charge in [0.05, 0.1) is 11.4 Å². The van der Waals surface area contributed by atoms with Gasteiger partial charge in [-0.15, -0.1) is 11.3 Å². The molecular formula is C80H94BN3S. The van der Waals surface area contributed by atoms with Gasteiger partial charge < -0.3 is 14.7 Å². The highest BCUT2D eigenvalue weighted by Crippen LogP contribution is 2.57. The van der Waals surface area contributed by atoms with Gasteiger partial charge in [-0.3, -0.25) is 0 Å². The molecule has 2 aliphatic heterocycles. The summed E-state index contributed by atoms with van der Waals surface area (Å²) in [5.41, 5.74) is 27.7. The number of rotatable bonds is 5. The average molecular weight is 1140 g/mol. The van der Waals surface area contributed by atoms with Crippen LogP contribution in [0, 0.1) is 0 Å². The predicted molar refractivity (Wildman–Crippen MR) is 370 cm³/mol. The van der Waals surface area contributed by atoms with Crippen LogP contribution in [0.2, 0.25) is 0 Å². The minimum atomic E-state index is -0.0167. The molecule has 7 aromatic carbocycles. The molecule has 0 amide bonds. The number of anilines is 9. The van der Waals surface area contributed by atoms with E-state index in [-0.39, 0.29) is 55.4 Å². The van der Waals surface area contributed by atoms with Gasteiger partial charge in [0.1, 0.15) is 0 Å². The Morgan fingerprint density at radius 1 is 0.388 bits per heavy atom. The quantitative estimate of drug-likeness (QED) is 0.159. The van der Waals surface area contributed by atoms with Crippen LogP contribution in [0.1, 0.15) is 233 Å². The zero-order chi connectivity index (χ0) is 60.3. The van der Waals surface area contributed by atoms with Gasteiger partial charge in [0.25, 0.3) is 6.71 Å². The number of hydrogen-bond acceptors (Lipinski definition) is 4. The smallest absolute Gasteiger partial charge is 0.264 e. The van der Waals surface area contributed by atoms with Gasteiger partial charge in [-0.05, 0) is 240 Å². The van der Waals surface area contributed by atoms with E-state index in [9.17, 15) is 0 Å². The lowest BCUT2D eigenvalue weighted by atomic mass is 9.35. The molecule has 5 heteroatoms. The van der Waals surface area contributed by atoms with E-state index < -0.39 is 0 Å². The third-order valence-corrected chi connectivity index (χ3v) is 24.3. The van der Waals surface area contributed by atoms with E-state index in [1.54, 1.807) is 0 Å². The van der Waals surface area contributed by atoms with Crippen molar-refractivity contribution in [3.8, 4) is 0 Å². The molecule has 0 fully saturated rings. The lowest BCUT2D eigenvalue weighted by Gasteiger charge is -2.48. The molecular weight excluding hydrogens is 1050 g/mol. The van der Waals surface area contributed by atoms with Crippen molar-refractivity contribution in [2.45, 2.75) is 232 Å². The first kappa shape index (κ1) is 56.8. The van der Waals surface area contributed by atoms with Crippen molar-refractivity contribution >= 4 is 95.0 Å². The Balaban J connectivity index is 1.15. The Morgan fingerprint density at radius 3 is 1.38 bits per heavy atom. The first-order valence-corrected chi connectivity index (χ1v) is 33.4. The topological polar surface area (TPSA) is 9.72 Å². The highest BCUT2D eigenvalue weighted by atomic mass is 32.1. The van der Waals surface area contributed by atoms with Gasteiger partial charge in [-0.2, -0.15) is 0 Å². The third kappa shape index (κ3) is 8.66. The van der Waals surface area contributed by atoms with Gasteiger partial charge >= 0.3 is 0 Å². The summed E-state index contributed by atoms with van der Waals surface area (Å²) in [4.78, 5) is 8.13. The van der Waals surface area contributed by atoms with Crippen LogP contribution < -0.4 is 30.4 Å². The first-order chi connectivity index (χ1) is 39.7. The van der Waals surface area contributed by atoms with E-state index in [1.165, 1.54) is 147 Å². The molecule has 0 N–H and O–H groups in total. The SMILES string of the molecule is CC(C)(C)c1ccc(N2c3cc(N(c4ccccc4)c4ccc5c(c4)C(C)(C)CCC5(C)C)cc4c3B(c3cc5c(cc3N4c3ccc4c(c3)C(C)(C)CCC4(C)C)C(C)(C)CCC5(C)C)c3sc4cc5c(cc4c32)C(C)(C)CCC5(C)C)cc1. The summed E-state index contributed by atoms with van der Waals surface area (Å²) < 4.78 is 2.85. The molecule has 85 heavy (non-hydrogen) atoms. The van der Waals surface area contributed by atoms with Crippen molar-refractivity contribution in [1.29, 1.82) is 0 Å². The Hall–Kier alpha value is -6.04. The van der Waals surface area contributed by atoms with Crippen LogP contribution in [-0.4, -0.2) is 6.71 Å². The van der Waals surface area contributed by atoms with Crippen LogP contribution >= 0.6 is 11.3 Å². The van der Waals surface area contributed by atoms with Crippen LogP contribution in [0.4, 0.5) is 51.2 Å². The molecule has 3 nitrogen and oxygen atoms in total. The highest BCUT2D eigenvalue weighted by Gasteiger charge is 2.50. The molecule has 0 bridgehead atoms.